The lowest BCUT2D eigenvalue weighted by Gasteiger charge is -2.35. The van der Waals surface area contributed by atoms with Gasteiger partial charge >= 0.3 is 0 Å². The third-order valence-corrected chi connectivity index (χ3v) is 3.62. The summed E-state index contributed by atoms with van der Waals surface area (Å²) in [6.07, 6.45) is 4.25. The molecule has 2 fully saturated rings. The highest BCUT2D eigenvalue weighted by molar-refractivity contribution is 5.80. The van der Waals surface area contributed by atoms with E-state index < -0.39 is 0 Å². The number of nitrogens with zero attached hydrogens (tertiary/aromatic N) is 1. The maximum Gasteiger partial charge on any atom is 0.136 e. The molecular weight excluding hydrogens is 190 g/mol. The van der Waals surface area contributed by atoms with Crippen molar-refractivity contribution in [3.05, 3.63) is 0 Å². The van der Waals surface area contributed by atoms with Crippen LogP contribution in [0.1, 0.15) is 39.5 Å². The van der Waals surface area contributed by atoms with Gasteiger partial charge in [0.05, 0.1) is 6.10 Å². The highest BCUT2D eigenvalue weighted by Gasteiger charge is 2.40. The van der Waals surface area contributed by atoms with Crippen molar-refractivity contribution in [3.8, 4) is 0 Å². The summed E-state index contributed by atoms with van der Waals surface area (Å²) < 4.78 is 5.57. The van der Waals surface area contributed by atoms with Gasteiger partial charge in [-0.15, -0.1) is 0 Å². The van der Waals surface area contributed by atoms with Crippen molar-refractivity contribution in [2.45, 2.75) is 57.7 Å². The fraction of sp³-hybridized carbons (Fsp3) is 0.917. The SMILES string of the molecule is CCOC(C)CN1C2CCC1CC(=O)C2. The molecule has 0 radical (unpaired) electrons. The zero-order chi connectivity index (χ0) is 10.8. The van der Waals surface area contributed by atoms with Gasteiger partial charge in [-0.3, -0.25) is 9.69 Å². The summed E-state index contributed by atoms with van der Waals surface area (Å²) in [5.41, 5.74) is 0. The molecule has 0 N–H and O–H groups in total. The van der Waals surface area contributed by atoms with Crippen molar-refractivity contribution in [2.75, 3.05) is 13.2 Å². The minimum absolute atomic E-state index is 0.298. The first-order valence-electron chi connectivity index (χ1n) is 6.09. The average molecular weight is 211 g/mol. The van der Waals surface area contributed by atoms with Gasteiger partial charge in [0, 0.05) is 38.1 Å². The van der Waals surface area contributed by atoms with Crippen LogP contribution in [0.15, 0.2) is 0 Å². The first-order chi connectivity index (χ1) is 7.20. The van der Waals surface area contributed by atoms with Crippen LogP contribution in [0.5, 0.6) is 0 Å². The van der Waals surface area contributed by atoms with Crippen LogP contribution in [0.3, 0.4) is 0 Å². The van der Waals surface area contributed by atoms with E-state index in [4.69, 9.17) is 4.74 Å². The number of carbonyl (C=O) groups excluding carboxylic acids is 1. The molecule has 2 heterocycles. The second-order valence-corrected chi connectivity index (χ2v) is 4.79. The molecule has 3 atom stereocenters. The number of piperidine rings is 1. The first kappa shape index (κ1) is 11.1. The summed E-state index contributed by atoms with van der Waals surface area (Å²) >= 11 is 0. The van der Waals surface area contributed by atoms with Crippen LogP contribution in [0.2, 0.25) is 0 Å². The van der Waals surface area contributed by atoms with E-state index >= 15 is 0 Å². The molecule has 0 aromatic heterocycles. The third-order valence-electron chi connectivity index (χ3n) is 3.62. The highest BCUT2D eigenvalue weighted by Crippen LogP contribution is 2.33. The smallest absolute Gasteiger partial charge is 0.136 e. The Labute approximate surface area is 91.8 Å². The Bertz CT molecular complexity index is 226. The first-order valence-corrected chi connectivity index (χ1v) is 6.09. The summed E-state index contributed by atoms with van der Waals surface area (Å²) in [6, 6.07) is 1.03. The Morgan fingerprint density at radius 2 is 2.00 bits per heavy atom. The van der Waals surface area contributed by atoms with Gasteiger partial charge in [0.1, 0.15) is 5.78 Å². The number of Topliss-reactive ketones (excluding diaryl/α,β-unsaturated/α-hetero) is 1. The fourth-order valence-corrected chi connectivity index (χ4v) is 2.99. The molecule has 0 aliphatic carbocycles. The van der Waals surface area contributed by atoms with Crippen LogP contribution in [0.25, 0.3) is 0 Å². The molecule has 0 aromatic carbocycles. The Morgan fingerprint density at radius 1 is 1.40 bits per heavy atom. The van der Waals surface area contributed by atoms with Crippen molar-refractivity contribution in [1.29, 1.82) is 0 Å². The molecule has 0 saturated carbocycles. The third kappa shape index (κ3) is 2.40. The standard InChI is InChI=1S/C12H21NO2/c1-3-15-9(2)8-13-10-4-5-11(13)7-12(14)6-10/h9-11H,3-8H2,1-2H3. The maximum absolute atomic E-state index is 11.4. The van der Waals surface area contributed by atoms with Gasteiger partial charge in [0.25, 0.3) is 0 Å². The average Bonchev–Trinajstić information content (AvgIpc) is 2.44. The summed E-state index contributed by atoms with van der Waals surface area (Å²) in [5, 5.41) is 0. The van der Waals surface area contributed by atoms with Gasteiger partial charge in [-0.25, -0.2) is 0 Å². The summed E-state index contributed by atoms with van der Waals surface area (Å²) in [7, 11) is 0. The number of carbonyl (C=O) groups is 1. The molecule has 0 aromatic rings. The summed E-state index contributed by atoms with van der Waals surface area (Å²) in [6.45, 7) is 5.93. The van der Waals surface area contributed by atoms with Crippen molar-refractivity contribution in [2.24, 2.45) is 0 Å². The number of fused-ring (bicyclic) bond motifs is 2. The van der Waals surface area contributed by atoms with Gasteiger partial charge in [-0.2, -0.15) is 0 Å². The zero-order valence-corrected chi connectivity index (χ0v) is 9.74. The molecule has 3 nitrogen and oxygen atoms in total. The van der Waals surface area contributed by atoms with Gasteiger partial charge in [-0.1, -0.05) is 0 Å². The highest BCUT2D eigenvalue weighted by atomic mass is 16.5. The Balaban J connectivity index is 1.90. The van der Waals surface area contributed by atoms with Crippen molar-refractivity contribution < 1.29 is 9.53 Å². The zero-order valence-electron chi connectivity index (χ0n) is 9.74. The summed E-state index contributed by atoms with van der Waals surface area (Å²) in [5.74, 6) is 0.461. The van der Waals surface area contributed by atoms with Crippen LogP contribution >= 0.6 is 0 Å². The summed E-state index contributed by atoms with van der Waals surface area (Å²) in [4.78, 5) is 13.9. The van der Waals surface area contributed by atoms with E-state index in [0.29, 0.717) is 24.0 Å². The second kappa shape index (κ2) is 4.62. The maximum atomic E-state index is 11.4. The van der Waals surface area contributed by atoms with Crippen molar-refractivity contribution in [3.63, 3.8) is 0 Å². The van der Waals surface area contributed by atoms with E-state index in [-0.39, 0.29) is 0 Å². The Morgan fingerprint density at radius 3 is 2.53 bits per heavy atom. The molecule has 2 aliphatic heterocycles. The van der Waals surface area contributed by atoms with E-state index in [9.17, 15) is 4.79 Å². The molecular formula is C12H21NO2. The van der Waals surface area contributed by atoms with E-state index in [1.807, 2.05) is 6.92 Å². The Kier molecular flexibility index (Phi) is 3.42. The minimum atomic E-state index is 0.298. The fourth-order valence-electron chi connectivity index (χ4n) is 2.99. The molecule has 2 aliphatic rings. The molecule has 2 saturated heterocycles. The van der Waals surface area contributed by atoms with Crippen LogP contribution in [0, 0.1) is 0 Å². The number of hydrogen-bond donors (Lipinski definition) is 0. The van der Waals surface area contributed by atoms with E-state index in [0.717, 1.165) is 26.0 Å². The molecule has 86 valence electrons. The van der Waals surface area contributed by atoms with Crippen LogP contribution in [-0.2, 0) is 9.53 Å². The van der Waals surface area contributed by atoms with E-state index in [2.05, 4.69) is 11.8 Å². The van der Waals surface area contributed by atoms with Crippen LogP contribution in [-0.4, -0.2) is 42.0 Å². The van der Waals surface area contributed by atoms with Gasteiger partial charge < -0.3 is 4.74 Å². The lowest BCUT2D eigenvalue weighted by Crippen LogP contribution is -2.46. The van der Waals surface area contributed by atoms with E-state index in [1.54, 1.807) is 0 Å². The van der Waals surface area contributed by atoms with Gasteiger partial charge in [-0.05, 0) is 26.7 Å². The van der Waals surface area contributed by atoms with Gasteiger partial charge in [0.2, 0.25) is 0 Å². The molecule has 0 spiro atoms. The lowest BCUT2D eigenvalue weighted by molar-refractivity contribution is -0.124. The molecule has 2 rings (SSSR count). The number of hydrogen-bond acceptors (Lipinski definition) is 3. The molecule has 2 bridgehead atoms. The monoisotopic (exact) mass is 211 g/mol. The Hall–Kier alpha value is -0.410. The normalized spacial score (nSPS) is 33.3. The topological polar surface area (TPSA) is 29.5 Å². The molecule has 3 unspecified atom stereocenters. The molecule has 3 heteroatoms. The number of ketones is 1. The van der Waals surface area contributed by atoms with Crippen LogP contribution in [0.4, 0.5) is 0 Å². The minimum Gasteiger partial charge on any atom is -0.377 e. The van der Waals surface area contributed by atoms with Crippen molar-refractivity contribution in [1.82, 2.24) is 4.90 Å². The largest absolute Gasteiger partial charge is 0.377 e. The number of ether oxygens (including phenoxy) is 1. The molecule has 0 amide bonds. The molecule has 15 heavy (non-hydrogen) atoms. The second-order valence-electron chi connectivity index (χ2n) is 4.79. The quantitative estimate of drug-likeness (QED) is 0.707. The van der Waals surface area contributed by atoms with Crippen molar-refractivity contribution >= 4 is 5.78 Å². The predicted octanol–water partition coefficient (Wildman–Crippen LogP) is 1.61. The predicted molar refractivity (Wildman–Crippen MR) is 58.8 cm³/mol. The number of rotatable bonds is 4. The lowest BCUT2D eigenvalue weighted by atomic mass is 10.0. The van der Waals surface area contributed by atoms with E-state index in [1.165, 1.54) is 12.8 Å². The van der Waals surface area contributed by atoms with Crippen LogP contribution < -0.4 is 0 Å². The van der Waals surface area contributed by atoms with Gasteiger partial charge in [0.15, 0.2) is 0 Å².